The van der Waals surface area contributed by atoms with E-state index in [1.807, 2.05) is 36.4 Å². The standard InChI is InChI=1S/C17H15NO/c1-13-5-4-6-14(9-13)12-19-16-10-15-7-2-3-8-17(15)18-11-16/h2-11H,12H2,1H3. The van der Waals surface area contributed by atoms with Crippen LogP contribution in [0.2, 0.25) is 0 Å². The molecule has 2 heteroatoms. The van der Waals surface area contributed by atoms with Crippen molar-refractivity contribution in [2.45, 2.75) is 13.5 Å². The van der Waals surface area contributed by atoms with Gasteiger partial charge in [0.15, 0.2) is 0 Å². The van der Waals surface area contributed by atoms with E-state index in [9.17, 15) is 0 Å². The summed E-state index contributed by atoms with van der Waals surface area (Å²) in [7, 11) is 0. The molecule has 3 rings (SSSR count). The second kappa shape index (κ2) is 5.11. The Bertz CT molecular complexity index is 706. The first-order chi connectivity index (χ1) is 9.31. The average molecular weight is 249 g/mol. The number of aromatic nitrogens is 1. The fourth-order valence-electron chi connectivity index (χ4n) is 2.10. The van der Waals surface area contributed by atoms with E-state index in [0.717, 1.165) is 16.7 Å². The SMILES string of the molecule is Cc1cccc(COc2cnc3ccccc3c2)c1. The number of para-hydroxylation sites is 1. The number of nitrogens with zero attached hydrogens (tertiary/aromatic N) is 1. The molecule has 3 aromatic rings. The summed E-state index contributed by atoms with van der Waals surface area (Å²) in [6.07, 6.45) is 1.78. The number of aryl methyl sites for hydroxylation is 1. The molecular weight excluding hydrogens is 234 g/mol. The van der Waals surface area contributed by atoms with Gasteiger partial charge in [0.05, 0.1) is 11.7 Å². The minimum absolute atomic E-state index is 0.571. The molecule has 0 aliphatic carbocycles. The van der Waals surface area contributed by atoms with Gasteiger partial charge in [-0.05, 0) is 24.6 Å². The van der Waals surface area contributed by atoms with Crippen LogP contribution in [0.25, 0.3) is 10.9 Å². The van der Waals surface area contributed by atoms with Gasteiger partial charge in [-0.25, -0.2) is 0 Å². The number of hydrogen-bond acceptors (Lipinski definition) is 2. The van der Waals surface area contributed by atoms with Crippen LogP contribution in [-0.4, -0.2) is 4.98 Å². The molecule has 0 fully saturated rings. The van der Waals surface area contributed by atoms with Crippen LogP contribution >= 0.6 is 0 Å². The summed E-state index contributed by atoms with van der Waals surface area (Å²) in [6.45, 7) is 2.66. The average Bonchev–Trinajstić information content (AvgIpc) is 2.45. The highest BCUT2D eigenvalue weighted by Crippen LogP contribution is 2.19. The molecule has 19 heavy (non-hydrogen) atoms. The monoisotopic (exact) mass is 249 g/mol. The molecule has 1 aromatic heterocycles. The predicted molar refractivity (Wildman–Crippen MR) is 77.3 cm³/mol. The maximum absolute atomic E-state index is 5.79. The van der Waals surface area contributed by atoms with E-state index in [1.54, 1.807) is 6.20 Å². The number of hydrogen-bond donors (Lipinski definition) is 0. The molecule has 0 amide bonds. The lowest BCUT2D eigenvalue weighted by Gasteiger charge is -2.07. The Hall–Kier alpha value is -2.35. The Morgan fingerprint density at radius 1 is 1.00 bits per heavy atom. The first-order valence-electron chi connectivity index (χ1n) is 6.34. The predicted octanol–water partition coefficient (Wildman–Crippen LogP) is 4.12. The molecule has 1 heterocycles. The van der Waals surface area contributed by atoms with Crippen molar-refractivity contribution < 1.29 is 4.74 Å². The molecule has 0 atom stereocenters. The highest BCUT2D eigenvalue weighted by atomic mass is 16.5. The molecule has 0 saturated heterocycles. The molecule has 0 radical (unpaired) electrons. The zero-order chi connectivity index (χ0) is 13.1. The van der Waals surface area contributed by atoms with E-state index in [0.29, 0.717) is 6.61 Å². The van der Waals surface area contributed by atoms with Crippen molar-refractivity contribution in [3.63, 3.8) is 0 Å². The number of ether oxygens (including phenoxy) is 1. The summed E-state index contributed by atoms with van der Waals surface area (Å²) in [5.41, 5.74) is 3.41. The van der Waals surface area contributed by atoms with Crippen molar-refractivity contribution in [2.75, 3.05) is 0 Å². The second-order valence-electron chi connectivity index (χ2n) is 4.64. The Kier molecular flexibility index (Phi) is 3.15. The van der Waals surface area contributed by atoms with E-state index in [4.69, 9.17) is 4.74 Å². The van der Waals surface area contributed by atoms with Crippen molar-refractivity contribution in [3.8, 4) is 5.75 Å². The Morgan fingerprint density at radius 3 is 2.79 bits per heavy atom. The van der Waals surface area contributed by atoms with Crippen molar-refractivity contribution in [3.05, 3.63) is 71.9 Å². The molecule has 2 nitrogen and oxygen atoms in total. The van der Waals surface area contributed by atoms with Crippen LogP contribution in [0.15, 0.2) is 60.8 Å². The molecule has 0 aliphatic heterocycles. The highest BCUT2D eigenvalue weighted by molar-refractivity contribution is 5.79. The van der Waals surface area contributed by atoms with Gasteiger partial charge in [0, 0.05) is 5.39 Å². The largest absolute Gasteiger partial charge is 0.487 e. The Balaban J connectivity index is 1.78. The van der Waals surface area contributed by atoms with Crippen LogP contribution in [0.4, 0.5) is 0 Å². The first-order valence-corrected chi connectivity index (χ1v) is 6.34. The van der Waals surface area contributed by atoms with E-state index < -0.39 is 0 Å². The molecule has 0 spiro atoms. The van der Waals surface area contributed by atoms with E-state index in [-0.39, 0.29) is 0 Å². The number of rotatable bonds is 3. The van der Waals surface area contributed by atoms with Crippen molar-refractivity contribution in [1.82, 2.24) is 4.98 Å². The summed E-state index contributed by atoms with van der Waals surface area (Å²) >= 11 is 0. The van der Waals surface area contributed by atoms with Gasteiger partial charge in [-0.15, -0.1) is 0 Å². The molecular formula is C17H15NO. The lowest BCUT2D eigenvalue weighted by Crippen LogP contribution is -1.96. The van der Waals surface area contributed by atoms with Gasteiger partial charge in [0.25, 0.3) is 0 Å². The summed E-state index contributed by atoms with van der Waals surface area (Å²) in [4.78, 5) is 4.39. The van der Waals surface area contributed by atoms with Gasteiger partial charge < -0.3 is 4.74 Å². The van der Waals surface area contributed by atoms with Gasteiger partial charge in [0.1, 0.15) is 12.4 Å². The lowest BCUT2D eigenvalue weighted by molar-refractivity contribution is 0.305. The van der Waals surface area contributed by atoms with Crippen LogP contribution in [0.3, 0.4) is 0 Å². The third-order valence-corrected chi connectivity index (χ3v) is 3.05. The van der Waals surface area contributed by atoms with E-state index in [2.05, 4.69) is 30.1 Å². The fraction of sp³-hybridized carbons (Fsp3) is 0.118. The fourth-order valence-corrected chi connectivity index (χ4v) is 2.10. The molecule has 0 bridgehead atoms. The van der Waals surface area contributed by atoms with Crippen LogP contribution < -0.4 is 4.74 Å². The molecule has 0 saturated carbocycles. The van der Waals surface area contributed by atoms with Crippen LogP contribution in [0.1, 0.15) is 11.1 Å². The second-order valence-corrected chi connectivity index (χ2v) is 4.64. The van der Waals surface area contributed by atoms with Gasteiger partial charge in [-0.3, -0.25) is 4.98 Å². The molecule has 2 aromatic carbocycles. The summed E-state index contributed by atoms with van der Waals surface area (Å²) < 4.78 is 5.79. The number of pyridine rings is 1. The number of fused-ring (bicyclic) bond motifs is 1. The van der Waals surface area contributed by atoms with Gasteiger partial charge in [-0.1, -0.05) is 48.0 Å². The summed E-state index contributed by atoms with van der Waals surface area (Å²) in [5.74, 6) is 0.806. The minimum Gasteiger partial charge on any atom is -0.487 e. The summed E-state index contributed by atoms with van der Waals surface area (Å²) in [6, 6.07) is 18.4. The van der Waals surface area contributed by atoms with E-state index in [1.165, 1.54) is 11.1 Å². The van der Waals surface area contributed by atoms with Crippen molar-refractivity contribution in [2.24, 2.45) is 0 Å². The smallest absolute Gasteiger partial charge is 0.138 e. The molecule has 0 N–H and O–H groups in total. The lowest BCUT2D eigenvalue weighted by atomic mass is 10.1. The Morgan fingerprint density at radius 2 is 1.89 bits per heavy atom. The maximum atomic E-state index is 5.79. The quantitative estimate of drug-likeness (QED) is 0.696. The Labute approximate surface area is 112 Å². The normalized spacial score (nSPS) is 10.6. The molecule has 94 valence electrons. The van der Waals surface area contributed by atoms with Crippen molar-refractivity contribution >= 4 is 10.9 Å². The molecule has 0 aliphatic rings. The third kappa shape index (κ3) is 2.74. The topological polar surface area (TPSA) is 22.1 Å². The van der Waals surface area contributed by atoms with Crippen LogP contribution in [-0.2, 0) is 6.61 Å². The van der Waals surface area contributed by atoms with E-state index >= 15 is 0 Å². The van der Waals surface area contributed by atoms with Gasteiger partial charge in [-0.2, -0.15) is 0 Å². The van der Waals surface area contributed by atoms with Crippen LogP contribution in [0.5, 0.6) is 5.75 Å². The maximum Gasteiger partial charge on any atom is 0.138 e. The zero-order valence-electron chi connectivity index (χ0n) is 10.8. The number of benzene rings is 2. The first kappa shape index (κ1) is 11.7. The van der Waals surface area contributed by atoms with Gasteiger partial charge in [0.2, 0.25) is 0 Å². The zero-order valence-corrected chi connectivity index (χ0v) is 10.8. The molecule has 0 unspecified atom stereocenters. The van der Waals surface area contributed by atoms with Crippen molar-refractivity contribution in [1.29, 1.82) is 0 Å². The minimum atomic E-state index is 0.571. The summed E-state index contributed by atoms with van der Waals surface area (Å²) in [5, 5.41) is 1.10. The third-order valence-electron chi connectivity index (χ3n) is 3.05. The highest BCUT2D eigenvalue weighted by Gasteiger charge is 1.99. The van der Waals surface area contributed by atoms with Gasteiger partial charge >= 0.3 is 0 Å². The van der Waals surface area contributed by atoms with Crippen LogP contribution in [0, 0.1) is 6.92 Å².